The average molecular weight is 436 g/mol. The molecule has 8 heteroatoms. The quantitative estimate of drug-likeness (QED) is 0.460. The number of fused-ring (bicyclic) bond motifs is 6. The number of ether oxygens (including phenoxy) is 4. The second kappa shape index (κ2) is 7.56. The molecule has 0 saturated heterocycles. The van der Waals surface area contributed by atoms with Crippen molar-refractivity contribution < 1.29 is 23.7 Å². The second-order valence-electron chi connectivity index (χ2n) is 8.17. The molecule has 0 fully saturated rings. The lowest BCUT2D eigenvalue weighted by Gasteiger charge is -2.17. The zero-order chi connectivity index (χ0) is 22.6. The number of benzene rings is 2. The molecule has 32 heavy (non-hydrogen) atoms. The highest BCUT2D eigenvalue weighted by Gasteiger charge is 2.35. The Labute approximate surface area is 184 Å². The molecule has 2 aliphatic rings. The van der Waals surface area contributed by atoms with Crippen LogP contribution in [0.1, 0.15) is 22.3 Å². The predicted molar refractivity (Wildman–Crippen MR) is 119 cm³/mol. The summed E-state index contributed by atoms with van der Waals surface area (Å²) in [7, 11) is 7.03. The summed E-state index contributed by atoms with van der Waals surface area (Å²) in [6.45, 7) is 1.40. The molecule has 0 N–H and O–H groups in total. The van der Waals surface area contributed by atoms with Crippen LogP contribution in [0.4, 0.5) is 0 Å². The summed E-state index contributed by atoms with van der Waals surface area (Å²) in [5, 5.41) is 0.974. The van der Waals surface area contributed by atoms with Crippen LogP contribution in [-0.4, -0.2) is 56.9 Å². The van der Waals surface area contributed by atoms with Gasteiger partial charge in [0.15, 0.2) is 28.8 Å². The highest BCUT2D eigenvalue weighted by molar-refractivity contribution is 6.27. The van der Waals surface area contributed by atoms with Gasteiger partial charge in [0.05, 0.1) is 30.9 Å². The standard InChI is InChI=1S/C24H24N2O6/c1-25(2)6-5-7-26-22-14-9-19-20(32-12-31-19)10-15(14)23(27)21(22)13-8-17(29-3)18(30-4)11-16(13)24(26)28/h8-11H,5-7,12H2,1-4H3. The molecule has 0 atom stereocenters. The first kappa shape index (κ1) is 20.4. The Morgan fingerprint density at radius 2 is 1.56 bits per heavy atom. The number of hydrogen-bond acceptors (Lipinski definition) is 7. The predicted octanol–water partition coefficient (Wildman–Crippen LogP) is 2.91. The Balaban J connectivity index is 1.82. The van der Waals surface area contributed by atoms with Gasteiger partial charge >= 0.3 is 0 Å². The third kappa shape index (κ3) is 2.94. The van der Waals surface area contributed by atoms with Gasteiger partial charge in [-0.15, -0.1) is 0 Å². The lowest BCUT2D eigenvalue weighted by atomic mass is 10.0. The minimum absolute atomic E-state index is 0.115. The van der Waals surface area contributed by atoms with Gasteiger partial charge in [0.1, 0.15) is 0 Å². The van der Waals surface area contributed by atoms with Gasteiger partial charge < -0.3 is 28.4 Å². The maximum atomic E-state index is 13.7. The normalized spacial score (nSPS) is 13.6. The molecule has 1 aromatic heterocycles. The molecular weight excluding hydrogens is 412 g/mol. The molecule has 0 spiro atoms. The van der Waals surface area contributed by atoms with E-state index in [9.17, 15) is 9.59 Å². The maximum absolute atomic E-state index is 13.7. The molecular formula is C24H24N2O6. The summed E-state index contributed by atoms with van der Waals surface area (Å²) in [6, 6.07) is 6.88. The number of pyridine rings is 1. The SMILES string of the molecule is COc1cc2c3c(n(CCCN(C)C)c(=O)c2cc1OC)-c1cc2c(cc1C3=O)OCO2. The number of ketones is 1. The van der Waals surface area contributed by atoms with E-state index >= 15 is 0 Å². The van der Waals surface area contributed by atoms with Crippen molar-refractivity contribution in [2.24, 2.45) is 0 Å². The zero-order valence-corrected chi connectivity index (χ0v) is 18.5. The van der Waals surface area contributed by atoms with E-state index in [2.05, 4.69) is 4.90 Å². The lowest BCUT2D eigenvalue weighted by Crippen LogP contribution is -2.25. The Morgan fingerprint density at radius 1 is 0.938 bits per heavy atom. The van der Waals surface area contributed by atoms with Gasteiger partial charge in [-0.05, 0) is 51.3 Å². The van der Waals surface area contributed by atoms with Crippen molar-refractivity contribution in [3.63, 3.8) is 0 Å². The summed E-state index contributed by atoms with van der Waals surface area (Å²) < 4.78 is 23.6. The van der Waals surface area contributed by atoms with Crippen LogP contribution in [0.2, 0.25) is 0 Å². The van der Waals surface area contributed by atoms with E-state index in [0.717, 1.165) is 13.0 Å². The number of aromatic nitrogens is 1. The summed E-state index contributed by atoms with van der Waals surface area (Å²) in [6.07, 6.45) is 0.756. The molecule has 2 heterocycles. The fourth-order valence-corrected chi connectivity index (χ4v) is 4.50. The first-order valence-electron chi connectivity index (χ1n) is 10.4. The first-order chi connectivity index (χ1) is 15.4. The van der Waals surface area contributed by atoms with E-state index in [-0.39, 0.29) is 18.1 Å². The third-order valence-electron chi connectivity index (χ3n) is 6.00. The molecule has 0 saturated carbocycles. The van der Waals surface area contributed by atoms with E-state index in [1.807, 2.05) is 14.1 Å². The molecule has 5 rings (SSSR count). The first-order valence-corrected chi connectivity index (χ1v) is 10.4. The van der Waals surface area contributed by atoms with Crippen LogP contribution in [0.25, 0.3) is 22.0 Å². The molecule has 0 radical (unpaired) electrons. The van der Waals surface area contributed by atoms with Gasteiger partial charge in [0, 0.05) is 23.1 Å². The minimum atomic E-state index is -0.170. The molecule has 2 aromatic carbocycles. The zero-order valence-electron chi connectivity index (χ0n) is 18.5. The van der Waals surface area contributed by atoms with Crippen LogP contribution >= 0.6 is 0 Å². The van der Waals surface area contributed by atoms with Crippen LogP contribution < -0.4 is 24.5 Å². The molecule has 1 aliphatic heterocycles. The fraction of sp³-hybridized carbons (Fsp3) is 0.333. The summed E-state index contributed by atoms with van der Waals surface area (Å²) >= 11 is 0. The molecule has 0 unspecified atom stereocenters. The van der Waals surface area contributed by atoms with E-state index in [1.165, 1.54) is 14.2 Å². The molecule has 3 aromatic rings. The van der Waals surface area contributed by atoms with Gasteiger partial charge in [-0.25, -0.2) is 0 Å². The molecule has 166 valence electrons. The van der Waals surface area contributed by atoms with Crippen molar-refractivity contribution in [1.29, 1.82) is 0 Å². The fourth-order valence-electron chi connectivity index (χ4n) is 4.50. The maximum Gasteiger partial charge on any atom is 0.259 e. The highest BCUT2D eigenvalue weighted by atomic mass is 16.7. The molecule has 1 aliphatic carbocycles. The Hall–Kier alpha value is -3.52. The molecule has 0 amide bonds. The average Bonchev–Trinajstić information content (AvgIpc) is 3.35. The summed E-state index contributed by atoms with van der Waals surface area (Å²) in [4.78, 5) is 29.3. The highest BCUT2D eigenvalue weighted by Crippen LogP contribution is 2.46. The van der Waals surface area contributed by atoms with Crippen molar-refractivity contribution in [3.05, 3.63) is 45.7 Å². The Kier molecular flexibility index (Phi) is 4.82. The van der Waals surface area contributed by atoms with E-state index in [1.54, 1.807) is 28.8 Å². The number of methoxy groups -OCH3 is 2. The van der Waals surface area contributed by atoms with Crippen molar-refractivity contribution in [2.45, 2.75) is 13.0 Å². The van der Waals surface area contributed by atoms with Gasteiger partial charge in [-0.1, -0.05) is 0 Å². The minimum Gasteiger partial charge on any atom is -0.493 e. The number of hydrogen-bond donors (Lipinski definition) is 0. The lowest BCUT2D eigenvalue weighted by molar-refractivity contribution is 0.104. The Bertz CT molecular complexity index is 1320. The Morgan fingerprint density at radius 3 is 2.19 bits per heavy atom. The van der Waals surface area contributed by atoms with Crippen molar-refractivity contribution in [1.82, 2.24) is 9.47 Å². The van der Waals surface area contributed by atoms with Gasteiger partial charge in [-0.3, -0.25) is 9.59 Å². The van der Waals surface area contributed by atoms with E-state index in [0.29, 0.717) is 62.7 Å². The van der Waals surface area contributed by atoms with E-state index in [4.69, 9.17) is 18.9 Å². The van der Waals surface area contributed by atoms with Crippen molar-refractivity contribution in [3.8, 4) is 34.3 Å². The molecule has 8 nitrogen and oxygen atoms in total. The smallest absolute Gasteiger partial charge is 0.259 e. The van der Waals surface area contributed by atoms with Crippen LogP contribution in [0.5, 0.6) is 23.0 Å². The number of carbonyl (C=O) groups excluding carboxylic acids is 1. The van der Waals surface area contributed by atoms with Gasteiger partial charge in [0.25, 0.3) is 5.56 Å². The van der Waals surface area contributed by atoms with Crippen LogP contribution in [0, 0.1) is 0 Å². The van der Waals surface area contributed by atoms with Gasteiger partial charge in [-0.2, -0.15) is 0 Å². The topological polar surface area (TPSA) is 79.2 Å². The monoisotopic (exact) mass is 436 g/mol. The van der Waals surface area contributed by atoms with Gasteiger partial charge in [0.2, 0.25) is 6.79 Å². The molecule has 0 bridgehead atoms. The van der Waals surface area contributed by atoms with Crippen LogP contribution in [0.3, 0.4) is 0 Å². The largest absolute Gasteiger partial charge is 0.493 e. The van der Waals surface area contributed by atoms with Crippen molar-refractivity contribution in [2.75, 3.05) is 41.7 Å². The summed E-state index contributed by atoms with van der Waals surface area (Å²) in [5.74, 6) is 1.87. The van der Waals surface area contributed by atoms with Crippen LogP contribution in [-0.2, 0) is 6.54 Å². The number of rotatable bonds is 6. The third-order valence-corrected chi connectivity index (χ3v) is 6.00. The summed E-state index contributed by atoms with van der Waals surface area (Å²) in [5.41, 5.74) is 2.13. The second-order valence-corrected chi connectivity index (χ2v) is 8.17. The number of nitrogens with zero attached hydrogens (tertiary/aromatic N) is 2. The van der Waals surface area contributed by atoms with E-state index < -0.39 is 0 Å². The van der Waals surface area contributed by atoms with Crippen molar-refractivity contribution >= 4 is 16.6 Å². The number of carbonyl (C=O) groups is 1. The van der Waals surface area contributed by atoms with Crippen LogP contribution in [0.15, 0.2) is 29.1 Å².